The highest BCUT2D eigenvalue weighted by molar-refractivity contribution is 5.90. The van der Waals surface area contributed by atoms with Crippen LogP contribution in [0.5, 0.6) is 17.2 Å². The van der Waals surface area contributed by atoms with Crippen molar-refractivity contribution in [2.24, 2.45) is 0 Å². The molecule has 0 aromatic heterocycles. The topological polar surface area (TPSA) is 56.8 Å². The predicted octanol–water partition coefficient (Wildman–Crippen LogP) is 4.67. The third-order valence-corrected chi connectivity index (χ3v) is 3.78. The lowest BCUT2D eigenvalue weighted by Gasteiger charge is -2.09. The minimum atomic E-state index is -0.0250. The molecule has 0 bridgehead atoms. The highest BCUT2D eigenvalue weighted by atomic mass is 16.5. The van der Waals surface area contributed by atoms with Gasteiger partial charge in [0.2, 0.25) is 5.91 Å². The maximum Gasteiger partial charge on any atom is 0.224 e. The van der Waals surface area contributed by atoms with Crippen molar-refractivity contribution >= 4 is 11.6 Å². The molecule has 2 aromatic carbocycles. The Balaban J connectivity index is 1.64. The molecule has 140 valence electrons. The third-order valence-electron chi connectivity index (χ3n) is 3.78. The average molecular weight is 357 g/mol. The summed E-state index contributed by atoms with van der Waals surface area (Å²) < 4.78 is 16.3. The molecular weight excluding hydrogens is 330 g/mol. The Labute approximate surface area is 155 Å². The largest absolute Gasteiger partial charge is 0.497 e. The lowest BCUT2D eigenvalue weighted by atomic mass is 10.2. The van der Waals surface area contributed by atoms with Gasteiger partial charge < -0.3 is 19.5 Å². The Hall–Kier alpha value is -2.69. The monoisotopic (exact) mass is 357 g/mol. The van der Waals surface area contributed by atoms with Crippen LogP contribution in [0.3, 0.4) is 0 Å². The fourth-order valence-electron chi connectivity index (χ4n) is 2.29. The molecule has 2 rings (SSSR count). The second-order valence-electron chi connectivity index (χ2n) is 5.90. The third kappa shape index (κ3) is 7.05. The van der Waals surface area contributed by atoms with Crippen molar-refractivity contribution in [2.45, 2.75) is 32.6 Å². The van der Waals surface area contributed by atoms with E-state index in [9.17, 15) is 4.79 Å². The number of anilines is 1. The van der Waals surface area contributed by atoms with Crippen molar-refractivity contribution in [3.8, 4) is 17.2 Å². The van der Waals surface area contributed by atoms with E-state index in [2.05, 4.69) is 12.2 Å². The maximum absolute atomic E-state index is 12.0. The van der Waals surface area contributed by atoms with Crippen molar-refractivity contribution in [3.05, 3.63) is 48.5 Å². The molecule has 0 saturated carbocycles. The number of unbranched alkanes of at least 4 members (excludes halogenated alkanes) is 1. The van der Waals surface area contributed by atoms with E-state index in [-0.39, 0.29) is 5.91 Å². The van der Waals surface area contributed by atoms with Gasteiger partial charge in [0, 0.05) is 12.1 Å². The van der Waals surface area contributed by atoms with Gasteiger partial charge in [0.1, 0.15) is 17.2 Å². The van der Waals surface area contributed by atoms with E-state index in [0.29, 0.717) is 19.4 Å². The zero-order chi connectivity index (χ0) is 18.6. The molecule has 0 aliphatic heterocycles. The van der Waals surface area contributed by atoms with Crippen LogP contribution in [0.4, 0.5) is 5.69 Å². The van der Waals surface area contributed by atoms with Crippen LogP contribution in [0, 0.1) is 0 Å². The highest BCUT2D eigenvalue weighted by Gasteiger charge is 2.03. The molecule has 0 radical (unpaired) electrons. The number of amides is 1. The van der Waals surface area contributed by atoms with Crippen molar-refractivity contribution in [3.63, 3.8) is 0 Å². The van der Waals surface area contributed by atoms with Crippen molar-refractivity contribution in [1.29, 1.82) is 0 Å². The van der Waals surface area contributed by atoms with Gasteiger partial charge in [-0.05, 0) is 61.4 Å². The van der Waals surface area contributed by atoms with E-state index in [1.54, 1.807) is 7.11 Å². The van der Waals surface area contributed by atoms with Crippen LogP contribution in [0.2, 0.25) is 0 Å². The Kier molecular flexibility index (Phi) is 8.33. The molecule has 1 amide bonds. The van der Waals surface area contributed by atoms with E-state index in [0.717, 1.165) is 42.4 Å². The number of benzene rings is 2. The van der Waals surface area contributed by atoms with Crippen LogP contribution in [0.25, 0.3) is 0 Å². The first kappa shape index (κ1) is 19.6. The standard InChI is InChI=1S/C21H27NO4/c1-3-4-15-25-19-9-7-17(8-10-19)22-21(23)6-5-16-26-20-13-11-18(24-2)12-14-20/h7-14H,3-6,15-16H2,1-2H3,(H,22,23). The number of nitrogens with one attached hydrogen (secondary N) is 1. The van der Waals surface area contributed by atoms with Gasteiger partial charge in [-0.2, -0.15) is 0 Å². The normalized spacial score (nSPS) is 10.2. The summed E-state index contributed by atoms with van der Waals surface area (Å²) in [5.74, 6) is 2.36. The molecule has 5 nitrogen and oxygen atoms in total. The van der Waals surface area contributed by atoms with E-state index in [1.807, 2.05) is 48.5 Å². The van der Waals surface area contributed by atoms with Gasteiger partial charge in [0.05, 0.1) is 20.3 Å². The van der Waals surface area contributed by atoms with E-state index in [1.165, 1.54) is 0 Å². The van der Waals surface area contributed by atoms with Gasteiger partial charge in [-0.3, -0.25) is 4.79 Å². The molecular formula is C21H27NO4. The minimum absolute atomic E-state index is 0.0250. The zero-order valence-corrected chi connectivity index (χ0v) is 15.5. The fourth-order valence-corrected chi connectivity index (χ4v) is 2.29. The molecule has 0 aliphatic rings. The van der Waals surface area contributed by atoms with Crippen molar-refractivity contribution in [1.82, 2.24) is 0 Å². The second kappa shape index (κ2) is 11.0. The van der Waals surface area contributed by atoms with Crippen molar-refractivity contribution < 1.29 is 19.0 Å². The summed E-state index contributed by atoms with van der Waals surface area (Å²) in [5, 5.41) is 2.88. The molecule has 0 atom stereocenters. The fraction of sp³-hybridized carbons (Fsp3) is 0.381. The van der Waals surface area contributed by atoms with Gasteiger partial charge in [0.15, 0.2) is 0 Å². The first-order chi connectivity index (χ1) is 12.7. The maximum atomic E-state index is 12.0. The van der Waals surface area contributed by atoms with Crippen molar-refractivity contribution in [2.75, 3.05) is 25.6 Å². The number of ether oxygens (including phenoxy) is 3. The van der Waals surface area contributed by atoms with Gasteiger partial charge in [0.25, 0.3) is 0 Å². The summed E-state index contributed by atoms with van der Waals surface area (Å²) >= 11 is 0. The molecule has 2 aromatic rings. The molecule has 0 spiro atoms. The number of hydrogen-bond donors (Lipinski definition) is 1. The molecule has 0 heterocycles. The van der Waals surface area contributed by atoms with Crippen LogP contribution < -0.4 is 19.5 Å². The number of carbonyl (C=O) groups is 1. The van der Waals surface area contributed by atoms with Gasteiger partial charge in [-0.25, -0.2) is 0 Å². The first-order valence-electron chi connectivity index (χ1n) is 9.01. The molecule has 5 heteroatoms. The summed E-state index contributed by atoms with van der Waals surface area (Å²) in [6.45, 7) is 3.34. The lowest BCUT2D eigenvalue weighted by molar-refractivity contribution is -0.116. The van der Waals surface area contributed by atoms with Gasteiger partial charge >= 0.3 is 0 Å². The van der Waals surface area contributed by atoms with Crippen LogP contribution >= 0.6 is 0 Å². The van der Waals surface area contributed by atoms with E-state index in [4.69, 9.17) is 14.2 Å². The molecule has 26 heavy (non-hydrogen) atoms. The summed E-state index contributed by atoms with van der Waals surface area (Å²) in [6, 6.07) is 14.8. The molecule has 0 saturated heterocycles. The molecule has 0 aliphatic carbocycles. The van der Waals surface area contributed by atoms with Gasteiger partial charge in [-0.15, -0.1) is 0 Å². The average Bonchev–Trinajstić information content (AvgIpc) is 2.67. The number of hydrogen-bond acceptors (Lipinski definition) is 4. The summed E-state index contributed by atoms with van der Waals surface area (Å²) in [6.07, 6.45) is 3.20. The van der Waals surface area contributed by atoms with Gasteiger partial charge in [-0.1, -0.05) is 13.3 Å². The van der Waals surface area contributed by atoms with Crippen LogP contribution in [0.1, 0.15) is 32.6 Å². The molecule has 0 unspecified atom stereocenters. The quantitative estimate of drug-likeness (QED) is 0.594. The Bertz CT molecular complexity index is 653. The molecule has 1 N–H and O–H groups in total. The Morgan fingerprint density at radius 3 is 1.96 bits per heavy atom. The first-order valence-corrected chi connectivity index (χ1v) is 9.01. The predicted molar refractivity (Wildman–Crippen MR) is 103 cm³/mol. The summed E-state index contributed by atoms with van der Waals surface area (Å²) in [5.41, 5.74) is 0.772. The summed E-state index contributed by atoms with van der Waals surface area (Å²) in [4.78, 5) is 12.0. The Morgan fingerprint density at radius 1 is 0.846 bits per heavy atom. The smallest absolute Gasteiger partial charge is 0.224 e. The number of rotatable bonds is 11. The van der Waals surface area contributed by atoms with Crippen LogP contribution in [0.15, 0.2) is 48.5 Å². The summed E-state index contributed by atoms with van der Waals surface area (Å²) in [7, 11) is 1.63. The SMILES string of the molecule is CCCCOc1ccc(NC(=O)CCCOc2ccc(OC)cc2)cc1. The zero-order valence-electron chi connectivity index (χ0n) is 15.5. The second-order valence-corrected chi connectivity index (χ2v) is 5.90. The minimum Gasteiger partial charge on any atom is -0.497 e. The van der Waals surface area contributed by atoms with Crippen LogP contribution in [-0.2, 0) is 4.79 Å². The number of carbonyl (C=O) groups excluding carboxylic acids is 1. The highest BCUT2D eigenvalue weighted by Crippen LogP contribution is 2.18. The Morgan fingerprint density at radius 2 is 1.38 bits per heavy atom. The van der Waals surface area contributed by atoms with E-state index >= 15 is 0 Å². The van der Waals surface area contributed by atoms with E-state index < -0.39 is 0 Å². The lowest BCUT2D eigenvalue weighted by Crippen LogP contribution is -2.12. The number of methoxy groups -OCH3 is 1. The van der Waals surface area contributed by atoms with Crippen LogP contribution in [-0.4, -0.2) is 26.2 Å². The molecule has 0 fully saturated rings.